The normalized spacial score (nSPS) is 18.9. The van der Waals surface area contributed by atoms with Crippen LogP contribution in [0.15, 0.2) is 24.3 Å². The molecule has 1 aliphatic heterocycles. The Hall–Kier alpha value is -0.900. The van der Waals surface area contributed by atoms with E-state index < -0.39 is 5.79 Å². The first-order valence-electron chi connectivity index (χ1n) is 5.78. The van der Waals surface area contributed by atoms with E-state index >= 15 is 0 Å². The van der Waals surface area contributed by atoms with Gasteiger partial charge in [-0.25, -0.2) is 0 Å². The smallest absolute Gasteiger partial charge is 0.173 e. The lowest BCUT2D eigenvalue weighted by molar-refractivity contribution is -0.158. The van der Waals surface area contributed by atoms with Crippen LogP contribution in [-0.4, -0.2) is 25.5 Å². The summed E-state index contributed by atoms with van der Waals surface area (Å²) in [7, 11) is 0. The Balaban J connectivity index is 2.08. The van der Waals surface area contributed by atoms with Crippen LogP contribution in [0.5, 0.6) is 0 Å². The van der Waals surface area contributed by atoms with Crippen molar-refractivity contribution >= 4 is 0 Å². The summed E-state index contributed by atoms with van der Waals surface area (Å²) >= 11 is 0. The van der Waals surface area contributed by atoms with Gasteiger partial charge in [-0.2, -0.15) is 0 Å². The predicted octanol–water partition coefficient (Wildman–Crippen LogP) is 1.63. The topological polar surface area (TPSA) is 44.5 Å². The Morgan fingerprint density at radius 2 is 1.81 bits per heavy atom. The summed E-state index contributed by atoms with van der Waals surface area (Å²) in [4.78, 5) is 0. The summed E-state index contributed by atoms with van der Waals surface area (Å²) < 4.78 is 11.4. The predicted molar refractivity (Wildman–Crippen MR) is 63.2 cm³/mol. The minimum atomic E-state index is -0.482. The lowest BCUT2D eigenvalue weighted by Crippen LogP contribution is -2.35. The Labute approximate surface area is 96.5 Å². The molecule has 0 saturated carbocycles. The Morgan fingerprint density at radius 1 is 1.19 bits per heavy atom. The number of hydrogen-bond acceptors (Lipinski definition) is 3. The van der Waals surface area contributed by atoms with Crippen molar-refractivity contribution in [3.8, 4) is 0 Å². The summed E-state index contributed by atoms with van der Waals surface area (Å²) in [6, 6.07) is 8.47. The molecule has 0 aromatic heterocycles. The molecule has 1 saturated heterocycles. The molecule has 3 nitrogen and oxygen atoms in total. The molecule has 0 atom stereocenters. The second-order valence-electron chi connectivity index (χ2n) is 4.31. The van der Waals surface area contributed by atoms with Gasteiger partial charge in [0.05, 0.1) is 13.2 Å². The van der Waals surface area contributed by atoms with Gasteiger partial charge in [-0.05, 0) is 19.0 Å². The molecule has 1 aliphatic rings. The summed E-state index contributed by atoms with van der Waals surface area (Å²) in [5, 5.41) is 0. The van der Waals surface area contributed by atoms with Gasteiger partial charge in [0.15, 0.2) is 5.79 Å². The Kier molecular flexibility index (Phi) is 3.59. The Bertz CT molecular complexity index is 328. The van der Waals surface area contributed by atoms with Gasteiger partial charge in [-0.15, -0.1) is 0 Å². The first kappa shape index (κ1) is 11.6. The molecule has 0 unspecified atom stereocenters. The molecule has 0 amide bonds. The van der Waals surface area contributed by atoms with Crippen molar-refractivity contribution in [2.45, 2.75) is 25.6 Å². The molecule has 0 aliphatic carbocycles. The third kappa shape index (κ3) is 2.61. The van der Waals surface area contributed by atoms with E-state index in [2.05, 4.69) is 31.2 Å². The van der Waals surface area contributed by atoms with Crippen molar-refractivity contribution in [1.29, 1.82) is 0 Å². The minimum absolute atomic E-state index is 0.482. The number of benzene rings is 1. The molecule has 1 aromatic rings. The maximum absolute atomic E-state index is 5.71. The maximum atomic E-state index is 5.71. The van der Waals surface area contributed by atoms with Crippen LogP contribution >= 0.6 is 0 Å². The molecular formula is C13H19NO2. The molecule has 1 aromatic carbocycles. The van der Waals surface area contributed by atoms with Crippen molar-refractivity contribution in [3.05, 3.63) is 35.4 Å². The zero-order chi connectivity index (χ0) is 11.4. The number of rotatable bonds is 4. The first-order chi connectivity index (χ1) is 7.74. The van der Waals surface area contributed by atoms with E-state index in [1.54, 1.807) is 0 Å². The van der Waals surface area contributed by atoms with Crippen molar-refractivity contribution < 1.29 is 9.47 Å². The zero-order valence-corrected chi connectivity index (χ0v) is 9.74. The van der Waals surface area contributed by atoms with Crippen molar-refractivity contribution in [1.82, 2.24) is 0 Å². The van der Waals surface area contributed by atoms with Crippen LogP contribution in [0.25, 0.3) is 0 Å². The van der Waals surface area contributed by atoms with Crippen LogP contribution in [-0.2, 0) is 15.9 Å². The average Bonchev–Trinajstić information content (AvgIpc) is 2.71. The monoisotopic (exact) mass is 221 g/mol. The SMILES string of the molecule is Cc1ccc(CC2(CCN)OCCO2)cc1. The fourth-order valence-electron chi connectivity index (χ4n) is 2.07. The standard InChI is InChI=1S/C13H19NO2/c1-11-2-4-12(5-3-11)10-13(6-7-14)15-8-9-16-13/h2-5H,6-10,14H2,1H3. The lowest BCUT2D eigenvalue weighted by atomic mass is 10.0. The molecule has 0 radical (unpaired) electrons. The van der Waals surface area contributed by atoms with Gasteiger partial charge in [0.1, 0.15) is 0 Å². The minimum Gasteiger partial charge on any atom is -0.347 e. The van der Waals surface area contributed by atoms with Crippen molar-refractivity contribution in [3.63, 3.8) is 0 Å². The van der Waals surface area contributed by atoms with Crippen molar-refractivity contribution in [2.75, 3.05) is 19.8 Å². The van der Waals surface area contributed by atoms with Gasteiger partial charge in [-0.1, -0.05) is 29.8 Å². The van der Waals surface area contributed by atoms with Gasteiger partial charge in [-0.3, -0.25) is 0 Å². The molecule has 0 spiro atoms. The molecular weight excluding hydrogens is 202 g/mol. The van der Waals surface area contributed by atoms with E-state index in [4.69, 9.17) is 15.2 Å². The highest BCUT2D eigenvalue weighted by Gasteiger charge is 2.35. The average molecular weight is 221 g/mol. The molecule has 1 fully saturated rings. The van der Waals surface area contributed by atoms with E-state index in [0.29, 0.717) is 19.8 Å². The molecule has 88 valence electrons. The van der Waals surface area contributed by atoms with Crippen LogP contribution in [0.3, 0.4) is 0 Å². The van der Waals surface area contributed by atoms with E-state index in [9.17, 15) is 0 Å². The Morgan fingerprint density at radius 3 is 2.38 bits per heavy atom. The fourth-order valence-corrected chi connectivity index (χ4v) is 2.07. The van der Waals surface area contributed by atoms with Gasteiger partial charge in [0.25, 0.3) is 0 Å². The molecule has 2 N–H and O–H groups in total. The number of hydrogen-bond donors (Lipinski definition) is 1. The molecule has 1 heterocycles. The largest absolute Gasteiger partial charge is 0.347 e. The number of aryl methyl sites for hydroxylation is 1. The van der Waals surface area contributed by atoms with E-state index in [0.717, 1.165) is 12.8 Å². The van der Waals surface area contributed by atoms with E-state index in [1.807, 2.05) is 0 Å². The quantitative estimate of drug-likeness (QED) is 0.840. The highest BCUT2D eigenvalue weighted by Crippen LogP contribution is 2.27. The van der Waals surface area contributed by atoms with Crippen LogP contribution in [0.2, 0.25) is 0 Å². The fraction of sp³-hybridized carbons (Fsp3) is 0.538. The van der Waals surface area contributed by atoms with Gasteiger partial charge in [0, 0.05) is 12.8 Å². The van der Waals surface area contributed by atoms with Crippen LogP contribution in [0, 0.1) is 6.92 Å². The van der Waals surface area contributed by atoms with Crippen LogP contribution in [0.1, 0.15) is 17.5 Å². The van der Waals surface area contributed by atoms with Gasteiger partial charge >= 0.3 is 0 Å². The van der Waals surface area contributed by atoms with Crippen LogP contribution in [0.4, 0.5) is 0 Å². The second-order valence-corrected chi connectivity index (χ2v) is 4.31. The number of nitrogens with two attached hydrogens (primary N) is 1. The van der Waals surface area contributed by atoms with E-state index in [-0.39, 0.29) is 0 Å². The number of ether oxygens (including phenoxy) is 2. The molecule has 3 heteroatoms. The molecule has 16 heavy (non-hydrogen) atoms. The van der Waals surface area contributed by atoms with Crippen LogP contribution < -0.4 is 5.73 Å². The summed E-state index contributed by atoms with van der Waals surface area (Å²) in [6.07, 6.45) is 1.53. The molecule has 0 bridgehead atoms. The first-order valence-corrected chi connectivity index (χ1v) is 5.78. The molecule has 2 rings (SSSR count). The summed E-state index contributed by atoms with van der Waals surface area (Å²) in [6.45, 7) is 4.02. The highest BCUT2D eigenvalue weighted by atomic mass is 16.7. The van der Waals surface area contributed by atoms with Gasteiger partial charge in [0.2, 0.25) is 0 Å². The van der Waals surface area contributed by atoms with E-state index in [1.165, 1.54) is 11.1 Å². The third-order valence-corrected chi connectivity index (χ3v) is 2.93. The van der Waals surface area contributed by atoms with Gasteiger partial charge < -0.3 is 15.2 Å². The maximum Gasteiger partial charge on any atom is 0.173 e. The lowest BCUT2D eigenvalue weighted by Gasteiger charge is -2.27. The highest BCUT2D eigenvalue weighted by molar-refractivity contribution is 5.22. The third-order valence-electron chi connectivity index (χ3n) is 2.93. The summed E-state index contributed by atoms with van der Waals surface area (Å²) in [5.74, 6) is -0.482. The van der Waals surface area contributed by atoms with Crippen molar-refractivity contribution in [2.24, 2.45) is 5.73 Å². The zero-order valence-electron chi connectivity index (χ0n) is 9.74. The second kappa shape index (κ2) is 4.95. The summed E-state index contributed by atoms with van der Waals surface area (Å²) in [5.41, 5.74) is 8.12.